The van der Waals surface area contributed by atoms with Crippen LogP contribution >= 0.6 is 0 Å². The van der Waals surface area contributed by atoms with Crippen molar-refractivity contribution in [3.8, 4) is 0 Å². The minimum absolute atomic E-state index is 0.151. The van der Waals surface area contributed by atoms with Gasteiger partial charge in [-0.05, 0) is 24.1 Å². The van der Waals surface area contributed by atoms with Crippen molar-refractivity contribution >= 4 is 11.8 Å². The second kappa shape index (κ2) is 4.49. The van der Waals surface area contributed by atoms with Crippen LogP contribution in [0.15, 0.2) is 30.9 Å². The summed E-state index contributed by atoms with van der Waals surface area (Å²) < 4.78 is 13.1. The van der Waals surface area contributed by atoms with Crippen LogP contribution in [0, 0.1) is 5.82 Å². The van der Waals surface area contributed by atoms with Gasteiger partial charge in [0.05, 0.1) is 6.42 Å². The first-order chi connectivity index (χ1) is 8.13. The number of carbonyl (C=O) groups is 2. The Labute approximate surface area is 98.5 Å². The average molecular weight is 233 g/mol. The molecule has 88 valence electrons. The minimum Gasteiger partial charge on any atom is -0.278 e. The van der Waals surface area contributed by atoms with Crippen LogP contribution < -0.4 is 0 Å². The summed E-state index contributed by atoms with van der Waals surface area (Å²) in [5.41, 5.74) is 0.880. The highest BCUT2D eigenvalue weighted by molar-refractivity contribution is 6.09. The third-order valence-electron chi connectivity index (χ3n) is 2.75. The van der Waals surface area contributed by atoms with E-state index in [1.807, 2.05) is 0 Å². The van der Waals surface area contributed by atoms with Crippen LogP contribution in [-0.2, 0) is 11.2 Å². The van der Waals surface area contributed by atoms with Gasteiger partial charge in [-0.15, -0.1) is 6.58 Å². The molecule has 0 atom stereocenters. The number of benzene rings is 1. The van der Waals surface area contributed by atoms with Gasteiger partial charge in [-0.2, -0.15) is 0 Å². The van der Waals surface area contributed by atoms with Gasteiger partial charge in [-0.25, -0.2) is 4.39 Å². The topological polar surface area (TPSA) is 37.4 Å². The van der Waals surface area contributed by atoms with Gasteiger partial charge in [-0.1, -0.05) is 12.1 Å². The summed E-state index contributed by atoms with van der Waals surface area (Å²) in [6.07, 6.45) is 2.34. The molecule has 3 nitrogen and oxygen atoms in total. The fourth-order valence-electron chi connectivity index (χ4n) is 1.87. The number of nitrogens with zero attached hydrogens (tertiary/aromatic N) is 1. The number of fused-ring (bicyclic) bond motifs is 1. The summed E-state index contributed by atoms with van der Waals surface area (Å²) >= 11 is 0. The predicted octanol–water partition coefficient (Wildman–Crippen LogP) is 1.93. The van der Waals surface area contributed by atoms with Crippen LogP contribution in [0.1, 0.15) is 22.3 Å². The lowest BCUT2D eigenvalue weighted by molar-refractivity contribution is -0.128. The van der Waals surface area contributed by atoms with Crippen LogP contribution in [-0.4, -0.2) is 23.3 Å². The van der Waals surface area contributed by atoms with E-state index in [0.717, 1.165) is 4.90 Å². The predicted molar refractivity (Wildman–Crippen MR) is 61.0 cm³/mol. The zero-order valence-corrected chi connectivity index (χ0v) is 9.28. The highest BCUT2D eigenvalue weighted by atomic mass is 19.1. The Morgan fingerprint density at radius 1 is 1.41 bits per heavy atom. The first kappa shape index (κ1) is 11.5. The number of hydrogen-bond donors (Lipinski definition) is 0. The highest BCUT2D eigenvalue weighted by Gasteiger charge is 2.30. The summed E-state index contributed by atoms with van der Waals surface area (Å²) in [5.74, 6) is -1.12. The lowest BCUT2D eigenvalue weighted by Crippen LogP contribution is -2.42. The Balaban J connectivity index is 2.34. The van der Waals surface area contributed by atoms with Crippen molar-refractivity contribution in [3.05, 3.63) is 47.8 Å². The molecule has 1 aliphatic rings. The molecule has 0 saturated heterocycles. The number of rotatable bonds is 3. The van der Waals surface area contributed by atoms with Gasteiger partial charge >= 0.3 is 0 Å². The Morgan fingerprint density at radius 2 is 2.18 bits per heavy atom. The molecule has 17 heavy (non-hydrogen) atoms. The van der Waals surface area contributed by atoms with Crippen molar-refractivity contribution in [2.45, 2.75) is 12.8 Å². The zero-order chi connectivity index (χ0) is 12.4. The van der Waals surface area contributed by atoms with E-state index in [0.29, 0.717) is 18.5 Å². The molecule has 1 aliphatic heterocycles. The van der Waals surface area contributed by atoms with Crippen LogP contribution in [0.25, 0.3) is 0 Å². The van der Waals surface area contributed by atoms with Crippen molar-refractivity contribution in [2.24, 2.45) is 0 Å². The Kier molecular flexibility index (Phi) is 3.04. The van der Waals surface area contributed by atoms with Gasteiger partial charge in [0.1, 0.15) is 5.82 Å². The molecule has 1 heterocycles. The molecule has 0 fully saturated rings. The Bertz CT molecular complexity index is 496. The Hall–Kier alpha value is -1.97. The normalized spacial score (nSPS) is 14.8. The van der Waals surface area contributed by atoms with E-state index in [-0.39, 0.29) is 17.9 Å². The Morgan fingerprint density at radius 3 is 2.88 bits per heavy atom. The molecule has 0 N–H and O–H groups in total. The molecule has 0 aromatic heterocycles. The van der Waals surface area contributed by atoms with Crippen LogP contribution in [0.3, 0.4) is 0 Å². The van der Waals surface area contributed by atoms with Gasteiger partial charge in [0.2, 0.25) is 5.91 Å². The van der Waals surface area contributed by atoms with E-state index in [2.05, 4.69) is 6.58 Å². The molecule has 0 aliphatic carbocycles. The number of carbonyl (C=O) groups excluding carboxylic acids is 2. The summed E-state index contributed by atoms with van der Waals surface area (Å²) in [7, 11) is 0. The van der Waals surface area contributed by atoms with Gasteiger partial charge < -0.3 is 0 Å². The molecule has 1 aromatic rings. The number of hydrogen-bond acceptors (Lipinski definition) is 2. The van der Waals surface area contributed by atoms with Crippen LogP contribution in [0.4, 0.5) is 4.39 Å². The third-order valence-corrected chi connectivity index (χ3v) is 2.75. The third kappa shape index (κ3) is 2.11. The molecule has 0 spiro atoms. The first-order valence-corrected chi connectivity index (χ1v) is 5.37. The molecule has 0 radical (unpaired) electrons. The second-order valence-corrected chi connectivity index (χ2v) is 3.91. The summed E-state index contributed by atoms with van der Waals surface area (Å²) in [5, 5.41) is 0. The molecular formula is C13H12FNO2. The largest absolute Gasteiger partial charge is 0.278 e. The monoisotopic (exact) mass is 233 g/mol. The zero-order valence-electron chi connectivity index (χ0n) is 9.28. The molecule has 0 saturated carbocycles. The van der Waals surface area contributed by atoms with Crippen LogP contribution in [0.5, 0.6) is 0 Å². The first-order valence-electron chi connectivity index (χ1n) is 5.37. The second-order valence-electron chi connectivity index (χ2n) is 3.91. The van der Waals surface area contributed by atoms with Gasteiger partial charge in [-0.3, -0.25) is 14.5 Å². The van der Waals surface area contributed by atoms with Crippen molar-refractivity contribution in [2.75, 3.05) is 6.54 Å². The van der Waals surface area contributed by atoms with Crippen molar-refractivity contribution in [1.82, 2.24) is 4.90 Å². The van der Waals surface area contributed by atoms with Gasteiger partial charge in [0.25, 0.3) is 5.91 Å². The summed E-state index contributed by atoms with van der Waals surface area (Å²) in [6.45, 7) is 3.85. The van der Waals surface area contributed by atoms with Gasteiger partial charge in [0.15, 0.2) is 0 Å². The fourth-order valence-corrected chi connectivity index (χ4v) is 1.87. The number of imide groups is 1. The smallest absolute Gasteiger partial charge is 0.260 e. The highest BCUT2D eigenvalue weighted by Crippen LogP contribution is 2.21. The quantitative estimate of drug-likeness (QED) is 0.591. The molecule has 0 unspecified atom stereocenters. The van der Waals surface area contributed by atoms with E-state index in [1.165, 1.54) is 18.2 Å². The average Bonchev–Trinajstić information content (AvgIpc) is 2.30. The lowest BCUT2D eigenvalue weighted by atomic mass is 9.98. The van der Waals surface area contributed by atoms with E-state index in [4.69, 9.17) is 0 Å². The SMILES string of the molecule is C=CCCN1C(=O)Cc2ccc(F)cc2C1=O. The maximum absolute atomic E-state index is 13.1. The van der Waals surface area contributed by atoms with Crippen LogP contribution in [0.2, 0.25) is 0 Å². The number of halogens is 1. The van der Waals surface area contributed by atoms with Crippen molar-refractivity contribution in [1.29, 1.82) is 0 Å². The van der Waals surface area contributed by atoms with E-state index in [1.54, 1.807) is 6.08 Å². The van der Waals surface area contributed by atoms with Crippen molar-refractivity contribution < 1.29 is 14.0 Å². The maximum Gasteiger partial charge on any atom is 0.260 e. The molecule has 2 rings (SSSR count). The molecule has 0 bridgehead atoms. The van der Waals surface area contributed by atoms with E-state index < -0.39 is 11.7 Å². The summed E-state index contributed by atoms with van der Waals surface area (Å²) in [6, 6.07) is 3.94. The summed E-state index contributed by atoms with van der Waals surface area (Å²) in [4.78, 5) is 24.9. The number of amides is 2. The lowest BCUT2D eigenvalue weighted by Gasteiger charge is -2.26. The standard InChI is InChI=1S/C13H12FNO2/c1-2-3-6-15-12(16)7-9-4-5-10(14)8-11(9)13(15)17/h2,4-5,8H,1,3,6-7H2. The molecular weight excluding hydrogens is 221 g/mol. The maximum atomic E-state index is 13.1. The molecule has 4 heteroatoms. The van der Waals surface area contributed by atoms with E-state index >= 15 is 0 Å². The minimum atomic E-state index is -0.463. The van der Waals surface area contributed by atoms with E-state index in [9.17, 15) is 14.0 Å². The van der Waals surface area contributed by atoms with Crippen molar-refractivity contribution in [3.63, 3.8) is 0 Å². The molecule has 1 aromatic carbocycles. The molecule has 2 amide bonds. The fraction of sp³-hybridized carbons (Fsp3) is 0.231. The van der Waals surface area contributed by atoms with Gasteiger partial charge in [0, 0.05) is 12.1 Å².